The molecule has 2 aromatic carbocycles. The fourth-order valence-electron chi connectivity index (χ4n) is 2.00. The lowest BCUT2D eigenvalue weighted by Crippen LogP contribution is -2.40. The van der Waals surface area contributed by atoms with Gasteiger partial charge in [-0.2, -0.15) is 0 Å². The van der Waals surface area contributed by atoms with Gasteiger partial charge in [-0.3, -0.25) is 10.1 Å². The minimum absolute atomic E-state index is 0.374. The van der Waals surface area contributed by atoms with Crippen molar-refractivity contribution in [1.29, 1.82) is 0 Å². The van der Waals surface area contributed by atoms with Crippen LogP contribution in [-0.4, -0.2) is 37.8 Å². The van der Waals surface area contributed by atoms with Crippen molar-refractivity contribution < 1.29 is 28.6 Å². The van der Waals surface area contributed by atoms with Crippen molar-refractivity contribution in [3.63, 3.8) is 0 Å². The van der Waals surface area contributed by atoms with Crippen molar-refractivity contribution >= 4 is 29.3 Å². The lowest BCUT2D eigenvalue weighted by Gasteiger charge is -2.13. The highest BCUT2D eigenvalue weighted by Crippen LogP contribution is 2.19. The Bertz CT molecular complexity index is 777. The maximum Gasteiger partial charge on any atom is 0.413 e. The van der Waals surface area contributed by atoms with Crippen molar-refractivity contribution in [1.82, 2.24) is 5.32 Å². The third-order valence-corrected chi connectivity index (χ3v) is 3.36. The number of esters is 1. The first kappa shape index (κ1) is 19.8. The second-order valence-corrected chi connectivity index (χ2v) is 5.42. The summed E-state index contributed by atoms with van der Waals surface area (Å²) in [6.45, 7) is 0.960. The Morgan fingerprint density at radius 2 is 1.59 bits per heavy atom. The van der Waals surface area contributed by atoms with Crippen LogP contribution in [0.1, 0.15) is 6.92 Å². The first-order chi connectivity index (χ1) is 13.0. The van der Waals surface area contributed by atoms with Gasteiger partial charge in [-0.05, 0) is 43.3 Å². The molecule has 0 bridgehead atoms. The van der Waals surface area contributed by atoms with Gasteiger partial charge in [0.2, 0.25) is 0 Å². The van der Waals surface area contributed by atoms with Gasteiger partial charge in [0, 0.05) is 11.4 Å². The molecule has 2 rings (SSSR count). The largest absolute Gasteiger partial charge is 0.482 e. The number of para-hydroxylation sites is 1. The average Bonchev–Trinajstić information content (AvgIpc) is 2.68. The molecule has 0 heterocycles. The van der Waals surface area contributed by atoms with Crippen LogP contribution in [0.2, 0.25) is 0 Å². The first-order valence-electron chi connectivity index (χ1n) is 8.11. The Hall–Kier alpha value is -3.55. The third-order valence-electron chi connectivity index (χ3n) is 3.36. The lowest BCUT2D eigenvalue weighted by atomic mass is 10.2. The SMILES string of the molecule is COC(=O)NC(=O)[C@H](C)OC(=O)COc1ccc(Nc2ccccc2)cc1. The predicted molar refractivity (Wildman–Crippen MR) is 97.8 cm³/mol. The molecule has 2 amide bonds. The highest BCUT2D eigenvalue weighted by molar-refractivity contribution is 5.95. The van der Waals surface area contributed by atoms with Crippen LogP contribution in [0.25, 0.3) is 0 Å². The van der Waals surface area contributed by atoms with E-state index in [1.807, 2.05) is 35.6 Å². The molecule has 8 heteroatoms. The number of ether oxygens (including phenoxy) is 3. The van der Waals surface area contributed by atoms with Gasteiger partial charge in [0.25, 0.3) is 5.91 Å². The van der Waals surface area contributed by atoms with E-state index in [2.05, 4.69) is 10.1 Å². The topological polar surface area (TPSA) is 103 Å². The zero-order valence-corrected chi connectivity index (χ0v) is 14.9. The number of amides is 2. The van der Waals surface area contributed by atoms with Crippen LogP contribution in [0, 0.1) is 0 Å². The van der Waals surface area contributed by atoms with Crippen LogP contribution >= 0.6 is 0 Å². The normalized spacial score (nSPS) is 11.0. The molecular formula is C19H20N2O6. The summed E-state index contributed by atoms with van der Waals surface area (Å²) in [4.78, 5) is 34.3. The number of benzene rings is 2. The second kappa shape index (κ2) is 9.81. The molecule has 0 fully saturated rings. The van der Waals surface area contributed by atoms with Gasteiger partial charge in [0.1, 0.15) is 5.75 Å². The summed E-state index contributed by atoms with van der Waals surface area (Å²) in [5.41, 5.74) is 1.82. The summed E-state index contributed by atoms with van der Waals surface area (Å²) in [6, 6.07) is 16.7. The third kappa shape index (κ3) is 6.69. The molecule has 0 aliphatic heterocycles. The fraction of sp³-hybridized carbons (Fsp3) is 0.211. The summed E-state index contributed by atoms with van der Waals surface area (Å²) in [5.74, 6) is -1.06. The van der Waals surface area contributed by atoms with Crippen LogP contribution in [0.4, 0.5) is 16.2 Å². The van der Waals surface area contributed by atoms with Crippen LogP contribution in [-0.2, 0) is 19.1 Å². The fourth-order valence-corrected chi connectivity index (χ4v) is 2.00. The Morgan fingerprint density at radius 1 is 0.963 bits per heavy atom. The Labute approximate surface area is 156 Å². The lowest BCUT2D eigenvalue weighted by molar-refractivity contribution is -0.156. The van der Waals surface area contributed by atoms with E-state index in [-0.39, 0.29) is 6.61 Å². The Kier molecular flexibility index (Phi) is 7.18. The average molecular weight is 372 g/mol. The second-order valence-electron chi connectivity index (χ2n) is 5.42. The maximum atomic E-state index is 11.7. The summed E-state index contributed by atoms with van der Waals surface area (Å²) in [5, 5.41) is 5.14. The van der Waals surface area contributed by atoms with Gasteiger partial charge in [-0.15, -0.1) is 0 Å². The highest BCUT2D eigenvalue weighted by Gasteiger charge is 2.20. The molecule has 142 valence electrons. The Balaban J connectivity index is 1.78. The van der Waals surface area contributed by atoms with Crippen LogP contribution in [0.5, 0.6) is 5.75 Å². The van der Waals surface area contributed by atoms with Crippen molar-refractivity contribution in [2.75, 3.05) is 19.0 Å². The van der Waals surface area contributed by atoms with E-state index in [4.69, 9.17) is 9.47 Å². The van der Waals surface area contributed by atoms with E-state index in [0.717, 1.165) is 18.5 Å². The molecule has 0 saturated heterocycles. The van der Waals surface area contributed by atoms with Crippen molar-refractivity contribution in [3.8, 4) is 5.75 Å². The monoisotopic (exact) mass is 372 g/mol. The number of methoxy groups -OCH3 is 1. The van der Waals surface area contributed by atoms with Gasteiger partial charge in [-0.25, -0.2) is 9.59 Å². The zero-order valence-electron chi connectivity index (χ0n) is 14.9. The van der Waals surface area contributed by atoms with Gasteiger partial charge >= 0.3 is 12.1 Å². The quantitative estimate of drug-likeness (QED) is 0.720. The molecule has 0 spiro atoms. The number of hydrogen-bond donors (Lipinski definition) is 2. The molecule has 1 atom stereocenters. The van der Waals surface area contributed by atoms with Crippen molar-refractivity contribution in [2.24, 2.45) is 0 Å². The number of hydrogen-bond acceptors (Lipinski definition) is 7. The van der Waals surface area contributed by atoms with Crippen molar-refractivity contribution in [2.45, 2.75) is 13.0 Å². The number of carbonyl (C=O) groups excluding carboxylic acids is 3. The zero-order chi connectivity index (χ0) is 19.6. The van der Waals surface area contributed by atoms with Gasteiger partial charge in [0.05, 0.1) is 7.11 Å². The maximum absolute atomic E-state index is 11.7. The van der Waals surface area contributed by atoms with Gasteiger partial charge in [-0.1, -0.05) is 18.2 Å². The standard InChI is InChI=1S/C19H20N2O6/c1-13(18(23)21-19(24)25-2)27-17(22)12-26-16-10-8-15(9-11-16)20-14-6-4-3-5-7-14/h3-11,13,20H,12H2,1-2H3,(H,21,23,24)/t13-/m0/s1. The number of nitrogens with one attached hydrogen (secondary N) is 2. The minimum atomic E-state index is -1.15. The number of anilines is 2. The molecule has 2 N–H and O–H groups in total. The number of carbonyl (C=O) groups is 3. The summed E-state index contributed by atoms with van der Waals surface area (Å²) < 4.78 is 14.5. The smallest absolute Gasteiger partial charge is 0.413 e. The molecule has 8 nitrogen and oxygen atoms in total. The van der Waals surface area contributed by atoms with E-state index in [1.165, 1.54) is 6.92 Å². The van der Waals surface area contributed by atoms with Gasteiger partial charge < -0.3 is 19.5 Å². The number of alkyl carbamates (subject to hydrolysis) is 1. The highest BCUT2D eigenvalue weighted by atomic mass is 16.6. The first-order valence-corrected chi connectivity index (χ1v) is 8.11. The molecular weight excluding hydrogens is 352 g/mol. The minimum Gasteiger partial charge on any atom is -0.482 e. The van der Waals surface area contributed by atoms with Gasteiger partial charge in [0.15, 0.2) is 12.7 Å². The molecule has 0 aromatic heterocycles. The predicted octanol–water partition coefficient (Wildman–Crippen LogP) is 2.62. The van der Waals surface area contributed by atoms with E-state index >= 15 is 0 Å². The number of imide groups is 1. The van der Waals surface area contributed by atoms with Crippen LogP contribution in [0.3, 0.4) is 0 Å². The van der Waals surface area contributed by atoms with Crippen LogP contribution < -0.4 is 15.4 Å². The van der Waals surface area contributed by atoms with E-state index < -0.39 is 24.1 Å². The molecule has 0 aliphatic carbocycles. The Morgan fingerprint density at radius 3 is 2.22 bits per heavy atom. The summed E-state index contributed by atoms with van der Waals surface area (Å²) >= 11 is 0. The number of rotatable bonds is 7. The van der Waals surface area contributed by atoms with E-state index in [9.17, 15) is 14.4 Å². The molecule has 0 radical (unpaired) electrons. The molecule has 0 aliphatic rings. The van der Waals surface area contributed by atoms with Crippen LogP contribution in [0.15, 0.2) is 54.6 Å². The molecule has 0 saturated carbocycles. The summed E-state index contributed by atoms with van der Waals surface area (Å²) in [7, 11) is 1.12. The summed E-state index contributed by atoms with van der Waals surface area (Å²) in [6.07, 6.45) is -2.08. The molecule has 2 aromatic rings. The molecule has 0 unspecified atom stereocenters. The van der Waals surface area contributed by atoms with E-state index in [1.54, 1.807) is 24.3 Å². The van der Waals surface area contributed by atoms with Crippen molar-refractivity contribution in [3.05, 3.63) is 54.6 Å². The van der Waals surface area contributed by atoms with E-state index in [0.29, 0.717) is 5.75 Å². The molecule has 27 heavy (non-hydrogen) atoms.